The van der Waals surface area contributed by atoms with Gasteiger partial charge in [0, 0.05) is 26.2 Å². The molecule has 0 atom stereocenters. The molecule has 1 aliphatic rings. The van der Waals surface area contributed by atoms with E-state index in [1.807, 2.05) is 0 Å². The average molecular weight is 437 g/mol. The molecule has 2 aromatic rings. The maximum Gasteiger partial charge on any atom is 0.416 e. The van der Waals surface area contributed by atoms with Gasteiger partial charge in [-0.15, -0.1) is 0 Å². The number of carbonyl (C=O) groups is 1. The molecule has 0 saturated carbocycles. The number of piperazine rings is 1. The Hall–Kier alpha value is -2.04. The third kappa shape index (κ3) is 3.89. The summed E-state index contributed by atoms with van der Waals surface area (Å²) in [6.07, 6.45) is -3.30. The van der Waals surface area contributed by atoms with Gasteiger partial charge < -0.3 is 9.32 Å². The standard InChI is InChI=1S/C17H16ClF3N2O4S/c1-11-13(4-9-27-11)16(24)22-5-7-23(8-6-22)28(25,26)15-10-12(17(19,20)21)2-3-14(15)18/h2-4,9-10H,5-8H2,1H3. The predicted molar refractivity (Wildman–Crippen MR) is 94.6 cm³/mol. The van der Waals surface area contributed by atoms with Gasteiger partial charge in [-0.3, -0.25) is 4.79 Å². The van der Waals surface area contributed by atoms with E-state index in [1.54, 1.807) is 6.92 Å². The first-order valence-electron chi connectivity index (χ1n) is 8.22. The molecule has 1 aromatic carbocycles. The van der Waals surface area contributed by atoms with E-state index in [4.69, 9.17) is 16.0 Å². The topological polar surface area (TPSA) is 70.8 Å². The van der Waals surface area contributed by atoms with E-state index < -0.39 is 26.7 Å². The monoisotopic (exact) mass is 436 g/mol. The molecule has 0 N–H and O–H groups in total. The minimum Gasteiger partial charge on any atom is -0.469 e. The zero-order valence-electron chi connectivity index (χ0n) is 14.7. The van der Waals surface area contributed by atoms with Gasteiger partial charge in [-0.25, -0.2) is 8.42 Å². The zero-order chi connectivity index (χ0) is 20.7. The van der Waals surface area contributed by atoms with Crippen molar-refractivity contribution < 1.29 is 30.8 Å². The first-order chi connectivity index (χ1) is 13.0. The largest absolute Gasteiger partial charge is 0.469 e. The molecule has 11 heteroatoms. The molecule has 2 heterocycles. The van der Waals surface area contributed by atoms with Crippen molar-refractivity contribution in [3.63, 3.8) is 0 Å². The van der Waals surface area contributed by atoms with E-state index >= 15 is 0 Å². The number of alkyl halides is 3. The van der Waals surface area contributed by atoms with Crippen LogP contribution in [0.1, 0.15) is 21.7 Å². The van der Waals surface area contributed by atoms with Gasteiger partial charge >= 0.3 is 6.18 Å². The number of amides is 1. The number of rotatable bonds is 3. The highest BCUT2D eigenvalue weighted by molar-refractivity contribution is 7.89. The second-order valence-corrected chi connectivity index (χ2v) is 8.54. The number of sulfonamides is 1. The van der Waals surface area contributed by atoms with Gasteiger partial charge in [0.15, 0.2) is 0 Å². The fraction of sp³-hybridized carbons (Fsp3) is 0.353. The summed E-state index contributed by atoms with van der Waals surface area (Å²) in [6, 6.07) is 3.71. The van der Waals surface area contributed by atoms with Gasteiger partial charge in [0.05, 0.1) is 22.4 Å². The quantitative estimate of drug-likeness (QED) is 0.739. The highest BCUT2D eigenvalue weighted by Gasteiger charge is 2.36. The molecule has 0 unspecified atom stereocenters. The Morgan fingerprint density at radius 1 is 1.14 bits per heavy atom. The number of nitrogens with zero attached hydrogens (tertiary/aromatic N) is 2. The molecule has 1 aromatic heterocycles. The van der Waals surface area contributed by atoms with Crippen LogP contribution in [0.4, 0.5) is 13.2 Å². The van der Waals surface area contributed by atoms with Crippen LogP contribution in [0.15, 0.2) is 39.8 Å². The summed E-state index contributed by atoms with van der Waals surface area (Å²) >= 11 is 5.87. The second kappa shape index (κ2) is 7.41. The number of furan rings is 1. The Morgan fingerprint density at radius 2 is 1.79 bits per heavy atom. The lowest BCUT2D eigenvalue weighted by Crippen LogP contribution is -2.50. The van der Waals surface area contributed by atoms with E-state index in [0.717, 1.165) is 16.4 Å². The van der Waals surface area contributed by atoms with Gasteiger partial charge in [0.1, 0.15) is 10.7 Å². The molecule has 0 bridgehead atoms. The summed E-state index contributed by atoms with van der Waals surface area (Å²) in [5.41, 5.74) is -0.711. The van der Waals surface area contributed by atoms with Gasteiger partial charge in [0.2, 0.25) is 10.0 Å². The van der Waals surface area contributed by atoms with E-state index in [2.05, 4.69) is 0 Å². The summed E-state index contributed by atoms with van der Waals surface area (Å²) < 4.78 is 70.5. The van der Waals surface area contributed by atoms with Crippen molar-refractivity contribution in [3.05, 3.63) is 52.4 Å². The van der Waals surface area contributed by atoms with Crippen molar-refractivity contribution in [1.29, 1.82) is 0 Å². The number of halogens is 4. The molecule has 0 radical (unpaired) electrons. The normalized spacial score (nSPS) is 16.4. The van der Waals surface area contributed by atoms with Crippen LogP contribution in [0, 0.1) is 6.92 Å². The Labute approximate surface area is 164 Å². The maximum absolute atomic E-state index is 12.9. The van der Waals surface area contributed by atoms with Crippen LogP contribution in [0.2, 0.25) is 5.02 Å². The molecule has 28 heavy (non-hydrogen) atoms. The van der Waals surface area contributed by atoms with Crippen LogP contribution in [-0.4, -0.2) is 49.7 Å². The molecule has 152 valence electrons. The van der Waals surface area contributed by atoms with Crippen LogP contribution in [0.25, 0.3) is 0 Å². The third-order valence-corrected chi connectivity index (χ3v) is 6.87. The second-order valence-electron chi connectivity index (χ2n) is 6.23. The smallest absolute Gasteiger partial charge is 0.416 e. The number of hydrogen-bond donors (Lipinski definition) is 0. The fourth-order valence-corrected chi connectivity index (χ4v) is 4.85. The molecule has 1 amide bonds. The fourth-order valence-electron chi connectivity index (χ4n) is 2.93. The van der Waals surface area contributed by atoms with E-state index in [-0.39, 0.29) is 37.1 Å². The van der Waals surface area contributed by atoms with Crippen molar-refractivity contribution in [1.82, 2.24) is 9.21 Å². The summed E-state index contributed by atoms with van der Waals surface area (Å²) in [6.45, 7) is 1.72. The highest BCUT2D eigenvalue weighted by atomic mass is 35.5. The van der Waals surface area contributed by atoms with Crippen molar-refractivity contribution in [3.8, 4) is 0 Å². The van der Waals surface area contributed by atoms with Crippen molar-refractivity contribution in [2.24, 2.45) is 0 Å². The lowest BCUT2D eigenvalue weighted by atomic mass is 10.2. The lowest BCUT2D eigenvalue weighted by molar-refractivity contribution is -0.137. The Kier molecular flexibility index (Phi) is 5.48. The Morgan fingerprint density at radius 3 is 2.32 bits per heavy atom. The molecular weight excluding hydrogens is 421 g/mol. The summed E-state index contributed by atoms with van der Waals surface area (Å²) in [5, 5.41) is -0.291. The number of benzene rings is 1. The summed E-state index contributed by atoms with van der Waals surface area (Å²) in [4.78, 5) is 13.3. The predicted octanol–water partition coefficient (Wildman–Crippen LogP) is 3.41. The van der Waals surface area contributed by atoms with Crippen LogP contribution in [-0.2, 0) is 16.2 Å². The maximum atomic E-state index is 12.9. The molecule has 0 aliphatic carbocycles. The zero-order valence-corrected chi connectivity index (χ0v) is 16.2. The molecule has 1 saturated heterocycles. The minimum atomic E-state index is -4.69. The van der Waals surface area contributed by atoms with Crippen molar-refractivity contribution in [2.45, 2.75) is 18.0 Å². The van der Waals surface area contributed by atoms with Crippen LogP contribution >= 0.6 is 11.6 Å². The Bertz CT molecular complexity index is 996. The minimum absolute atomic E-state index is 0.0580. The van der Waals surface area contributed by atoms with E-state index in [9.17, 15) is 26.4 Å². The van der Waals surface area contributed by atoms with Gasteiger partial charge in [-0.05, 0) is 31.2 Å². The molecule has 6 nitrogen and oxygen atoms in total. The van der Waals surface area contributed by atoms with Crippen LogP contribution in [0.3, 0.4) is 0 Å². The third-order valence-electron chi connectivity index (χ3n) is 4.49. The van der Waals surface area contributed by atoms with E-state index in [1.165, 1.54) is 17.2 Å². The van der Waals surface area contributed by atoms with Crippen LogP contribution in [0.5, 0.6) is 0 Å². The van der Waals surface area contributed by atoms with Crippen LogP contribution < -0.4 is 0 Å². The van der Waals surface area contributed by atoms with Gasteiger partial charge in [0.25, 0.3) is 5.91 Å². The summed E-state index contributed by atoms with van der Waals surface area (Å²) in [7, 11) is -4.24. The van der Waals surface area contributed by atoms with Gasteiger partial charge in [-0.2, -0.15) is 17.5 Å². The molecule has 0 spiro atoms. The SMILES string of the molecule is Cc1occc1C(=O)N1CCN(S(=O)(=O)c2cc(C(F)(F)F)ccc2Cl)CC1. The van der Waals surface area contributed by atoms with E-state index in [0.29, 0.717) is 17.4 Å². The molecule has 1 fully saturated rings. The number of hydrogen-bond acceptors (Lipinski definition) is 4. The molecule has 1 aliphatic heterocycles. The average Bonchev–Trinajstić information content (AvgIpc) is 3.06. The lowest BCUT2D eigenvalue weighted by Gasteiger charge is -2.34. The highest BCUT2D eigenvalue weighted by Crippen LogP contribution is 2.34. The number of carbonyl (C=O) groups excluding carboxylic acids is 1. The van der Waals surface area contributed by atoms with Crippen molar-refractivity contribution >= 4 is 27.5 Å². The number of aryl methyl sites for hydroxylation is 1. The molecular formula is C17H16ClF3N2O4S. The summed E-state index contributed by atoms with van der Waals surface area (Å²) in [5.74, 6) is 0.163. The molecule has 3 rings (SSSR count). The van der Waals surface area contributed by atoms with Crippen molar-refractivity contribution in [2.75, 3.05) is 26.2 Å². The van der Waals surface area contributed by atoms with Gasteiger partial charge in [-0.1, -0.05) is 11.6 Å². The Balaban J connectivity index is 1.79. The first kappa shape index (κ1) is 20.7. The first-order valence-corrected chi connectivity index (χ1v) is 10.0.